The van der Waals surface area contributed by atoms with Crippen molar-refractivity contribution in [2.75, 3.05) is 5.75 Å². The molecule has 1 rings (SSSR count). The summed E-state index contributed by atoms with van der Waals surface area (Å²) in [5.74, 6) is 2.39. The number of thioether (sulfide) groups is 1. The molecule has 0 aliphatic carbocycles. The number of nitrogens with two attached hydrogens (primary N) is 1. The van der Waals surface area contributed by atoms with Crippen molar-refractivity contribution < 1.29 is 0 Å². The number of benzene rings is 1. The zero-order valence-electron chi connectivity index (χ0n) is 8.36. The van der Waals surface area contributed by atoms with Crippen LogP contribution in [0.4, 0.5) is 0 Å². The second-order valence-corrected chi connectivity index (χ2v) is 4.39. The van der Waals surface area contributed by atoms with Gasteiger partial charge < -0.3 is 5.73 Å². The Hall–Kier alpha value is -0.960. The monoisotopic (exact) mass is 208 g/mol. The molecule has 0 aliphatic rings. The van der Waals surface area contributed by atoms with Gasteiger partial charge in [-0.25, -0.2) is 0 Å². The van der Waals surface area contributed by atoms with E-state index in [0.29, 0.717) is 0 Å². The van der Waals surface area contributed by atoms with Crippen molar-refractivity contribution in [3.63, 3.8) is 0 Å². The zero-order chi connectivity index (χ0) is 10.4. The number of nitrogens with one attached hydrogen (secondary N) is 1. The molecule has 1 aromatic rings. The van der Waals surface area contributed by atoms with Crippen molar-refractivity contribution in [3.8, 4) is 0 Å². The molecule has 3 heteroatoms. The molecule has 0 saturated heterocycles. The van der Waals surface area contributed by atoms with Gasteiger partial charge in [0.25, 0.3) is 0 Å². The number of rotatable bonds is 5. The van der Waals surface area contributed by atoms with Gasteiger partial charge in [-0.2, -0.15) is 11.8 Å². The first-order valence-corrected chi connectivity index (χ1v) is 5.81. The molecule has 3 N–H and O–H groups in total. The number of hydrogen-bond donors (Lipinski definition) is 2. The molecule has 0 aliphatic heterocycles. The summed E-state index contributed by atoms with van der Waals surface area (Å²) in [6.07, 6.45) is 0. The molecule has 0 saturated carbocycles. The van der Waals surface area contributed by atoms with Crippen molar-refractivity contribution in [1.29, 1.82) is 5.41 Å². The molecular weight excluding hydrogens is 192 g/mol. The highest BCUT2D eigenvalue weighted by Gasteiger charge is 2.04. The van der Waals surface area contributed by atoms with Crippen LogP contribution in [-0.4, -0.2) is 11.6 Å². The lowest BCUT2D eigenvalue weighted by molar-refractivity contribution is 0.879. The molecule has 0 fully saturated rings. The lowest BCUT2D eigenvalue weighted by Crippen LogP contribution is -2.21. The topological polar surface area (TPSA) is 49.9 Å². The van der Waals surface area contributed by atoms with Gasteiger partial charge in [-0.1, -0.05) is 37.3 Å². The highest BCUT2D eigenvalue weighted by atomic mass is 32.2. The number of hydrogen-bond acceptors (Lipinski definition) is 2. The van der Waals surface area contributed by atoms with E-state index in [2.05, 4.69) is 12.1 Å². The van der Waals surface area contributed by atoms with Gasteiger partial charge in [0, 0.05) is 17.4 Å². The Balaban J connectivity index is 2.26. The van der Waals surface area contributed by atoms with Crippen molar-refractivity contribution >= 4 is 17.6 Å². The molecule has 0 bridgehead atoms. The predicted molar refractivity (Wildman–Crippen MR) is 63.7 cm³/mol. The maximum Gasteiger partial charge on any atom is 0.0942 e. The van der Waals surface area contributed by atoms with E-state index in [9.17, 15) is 0 Å². The Morgan fingerprint density at radius 3 is 2.64 bits per heavy atom. The van der Waals surface area contributed by atoms with Gasteiger partial charge in [0.1, 0.15) is 0 Å². The largest absolute Gasteiger partial charge is 0.387 e. The van der Waals surface area contributed by atoms with Gasteiger partial charge in [0.05, 0.1) is 5.84 Å². The smallest absolute Gasteiger partial charge is 0.0942 e. The SMILES string of the molecule is CC(CSCc1ccccc1)C(=N)N. The quantitative estimate of drug-likeness (QED) is 0.577. The van der Waals surface area contributed by atoms with E-state index >= 15 is 0 Å². The molecule has 0 aromatic heterocycles. The Kier molecular flexibility index (Phi) is 4.53. The first-order valence-electron chi connectivity index (χ1n) is 4.65. The molecule has 14 heavy (non-hydrogen) atoms. The van der Waals surface area contributed by atoms with E-state index in [-0.39, 0.29) is 11.8 Å². The van der Waals surface area contributed by atoms with Crippen LogP contribution < -0.4 is 5.73 Å². The fraction of sp³-hybridized carbons (Fsp3) is 0.364. The lowest BCUT2D eigenvalue weighted by Gasteiger charge is -2.08. The van der Waals surface area contributed by atoms with Gasteiger partial charge in [-0.3, -0.25) is 5.41 Å². The molecule has 1 aromatic carbocycles. The van der Waals surface area contributed by atoms with Gasteiger partial charge in [0.15, 0.2) is 0 Å². The van der Waals surface area contributed by atoms with E-state index in [1.807, 2.05) is 36.9 Å². The fourth-order valence-corrected chi connectivity index (χ4v) is 2.10. The van der Waals surface area contributed by atoms with Crippen molar-refractivity contribution in [2.24, 2.45) is 11.7 Å². The van der Waals surface area contributed by atoms with E-state index in [1.165, 1.54) is 5.56 Å². The summed E-state index contributed by atoms with van der Waals surface area (Å²) in [6.45, 7) is 1.99. The summed E-state index contributed by atoms with van der Waals surface area (Å²) < 4.78 is 0. The van der Waals surface area contributed by atoms with Crippen LogP contribution in [0, 0.1) is 11.3 Å². The highest BCUT2D eigenvalue weighted by Crippen LogP contribution is 2.14. The minimum atomic E-state index is 0.184. The molecule has 2 nitrogen and oxygen atoms in total. The summed E-state index contributed by atoms with van der Waals surface area (Å²) in [6, 6.07) is 10.3. The third kappa shape index (κ3) is 3.83. The Morgan fingerprint density at radius 1 is 1.43 bits per heavy atom. The number of amidine groups is 1. The van der Waals surface area contributed by atoms with E-state index in [4.69, 9.17) is 11.1 Å². The first-order chi connectivity index (χ1) is 6.70. The Morgan fingerprint density at radius 2 is 2.07 bits per heavy atom. The van der Waals surface area contributed by atoms with E-state index < -0.39 is 0 Å². The van der Waals surface area contributed by atoms with Gasteiger partial charge in [-0.05, 0) is 5.56 Å². The van der Waals surface area contributed by atoms with Gasteiger partial charge >= 0.3 is 0 Å². The predicted octanol–water partition coefficient (Wildman–Crippen LogP) is 2.49. The van der Waals surface area contributed by atoms with Crippen molar-refractivity contribution in [2.45, 2.75) is 12.7 Å². The van der Waals surface area contributed by atoms with E-state index in [1.54, 1.807) is 0 Å². The van der Waals surface area contributed by atoms with Crippen LogP contribution >= 0.6 is 11.8 Å². The van der Waals surface area contributed by atoms with Crippen molar-refractivity contribution in [1.82, 2.24) is 0 Å². The third-order valence-electron chi connectivity index (χ3n) is 2.01. The average molecular weight is 208 g/mol. The van der Waals surface area contributed by atoms with E-state index in [0.717, 1.165) is 11.5 Å². The van der Waals surface area contributed by atoms with Gasteiger partial charge in [0.2, 0.25) is 0 Å². The zero-order valence-corrected chi connectivity index (χ0v) is 9.18. The molecule has 1 unspecified atom stereocenters. The fourth-order valence-electron chi connectivity index (χ4n) is 1.02. The second-order valence-electron chi connectivity index (χ2n) is 3.36. The summed E-state index contributed by atoms with van der Waals surface area (Å²) in [7, 11) is 0. The lowest BCUT2D eigenvalue weighted by atomic mass is 10.2. The minimum Gasteiger partial charge on any atom is -0.387 e. The molecule has 0 radical (unpaired) electrons. The van der Waals surface area contributed by atoms with Crippen LogP contribution in [0.25, 0.3) is 0 Å². The van der Waals surface area contributed by atoms with Crippen LogP contribution in [0.3, 0.4) is 0 Å². The first kappa shape index (κ1) is 11.1. The summed E-state index contributed by atoms with van der Waals surface area (Å²) in [4.78, 5) is 0. The Bertz CT molecular complexity index is 285. The normalized spacial score (nSPS) is 12.4. The van der Waals surface area contributed by atoms with Gasteiger partial charge in [-0.15, -0.1) is 0 Å². The summed E-state index contributed by atoms with van der Waals surface area (Å²) in [5.41, 5.74) is 6.71. The van der Waals surface area contributed by atoms with Crippen LogP contribution in [0.1, 0.15) is 12.5 Å². The van der Waals surface area contributed by atoms with Crippen LogP contribution in [0.5, 0.6) is 0 Å². The van der Waals surface area contributed by atoms with Crippen LogP contribution in [0.2, 0.25) is 0 Å². The molecular formula is C11H16N2S. The average Bonchev–Trinajstić information content (AvgIpc) is 2.19. The third-order valence-corrected chi connectivity index (χ3v) is 3.28. The molecule has 1 atom stereocenters. The molecule has 0 heterocycles. The van der Waals surface area contributed by atoms with Crippen LogP contribution in [0.15, 0.2) is 30.3 Å². The summed E-state index contributed by atoms with van der Waals surface area (Å²) >= 11 is 1.82. The maximum atomic E-state index is 7.25. The summed E-state index contributed by atoms with van der Waals surface area (Å²) in [5, 5.41) is 7.25. The maximum absolute atomic E-state index is 7.25. The van der Waals surface area contributed by atoms with Crippen LogP contribution in [-0.2, 0) is 5.75 Å². The minimum absolute atomic E-state index is 0.184. The Labute approximate surface area is 89.4 Å². The molecule has 0 spiro atoms. The highest BCUT2D eigenvalue weighted by molar-refractivity contribution is 7.98. The second kappa shape index (κ2) is 5.70. The molecule has 76 valence electrons. The van der Waals surface area contributed by atoms with Crippen molar-refractivity contribution in [3.05, 3.63) is 35.9 Å². The molecule has 0 amide bonds. The standard InChI is InChI=1S/C11H16N2S/c1-9(11(12)13)7-14-8-10-5-3-2-4-6-10/h2-6,9H,7-8H2,1H3,(H3,12,13).